The van der Waals surface area contributed by atoms with Crippen LogP contribution in [0.3, 0.4) is 0 Å². The first-order valence-corrected chi connectivity index (χ1v) is 7.19. The van der Waals surface area contributed by atoms with E-state index >= 15 is 0 Å². The van der Waals surface area contributed by atoms with Gasteiger partial charge in [0.25, 0.3) is 0 Å². The molecule has 1 aliphatic rings. The molecule has 0 atom stereocenters. The summed E-state index contributed by atoms with van der Waals surface area (Å²) in [6, 6.07) is 4.31. The minimum absolute atomic E-state index is 0.518. The van der Waals surface area contributed by atoms with Crippen molar-refractivity contribution in [1.29, 1.82) is 0 Å². The van der Waals surface area contributed by atoms with Crippen LogP contribution < -0.4 is 10.6 Å². The molecule has 0 spiro atoms. The number of nitrogens with zero attached hydrogens (tertiary/aromatic N) is 3. The minimum atomic E-state index is 0.518. The van der Waals surface area contributed by atoms with Crippen LogP contribution in [0.2, 0.25) is 0 Å². The standard InChI is InChI=1S/C16H20N4O/c1-21-10-12-5-14(8-18-7-12)15-6-13-3-2-4-20(11-17)16(13)19-9-15/h5-9H,2-4,10-11,17H2,1H3. The molecular weight excluding hydrogens is 264 g/mol. The zero-order valence-electron chi connectivity index (χ0n) is 12.2. The summed E-state index contributed by atoms with van der Waals surface area (Å²) in [5.74, 6) is 1.02. The lowest BCUT2D eigenvalue weighted by molar-refractivity contribution is 0.184. The fraction of sp³-hybridized carbons (Fsp3) is 0.375. The van der Waals surface area contributed by atoms with Gasteiger partial charge in [0.1, 0.15) is 5.82 Å². The first kappa shape index (κ1) is 14.0. The minimum Gasteiger partial charge on any atom is -0.380 e. The molecule has 0 aliphatic carbocycles. The van der Waals surface area contributed by atoms with Gasteiger partial charge in [0.05, 0.1) is 13.3 Å². The summed E-state index contributed by atoms with van der Waals surface area (Å²) in [6.45, 7) is 2.07. The molecule has 0 saturated carbocycles. The molecule has 0 unspecified atom stereocenters. The Morgan fingerprint density at radius 3 is 2.90 bits per heavy atom. The number of ether oxygens (including phenoxy) is 1. The van der Waals surface area contributed by atoms with Crippen LogP contribution >= 0.6 is 0 Å². The Kier molecular flexibility index (Phi) is 4.13. The van der Waals surface area contributed by atoms with Crippen LogP contribution in [-0.2, 0) is 17.8 Å². The van der Waals surface area contributed by atoms with Gasteiger partial charge in [-0.05, 0) is 36.1 Å². The predicted octanol–water partition coefficient (Wildman–Crippen LogP) is 1.96. The number of anilines is 1. The molecule has 0 fully saturated rings. The normalized spacial score (nSPS) is 14.1. The second kappa shape index (κ2) is 6.20. The second-order valence-corrected chi connectivity index (χ2v) is 5.27. The number of pyridine rings is 2. The molecule has 0 saturated heterocycles. The van der Waals surface area contributed by atoms with Crippen molar-refractivity contribution in [2.45, 2.75) is 19.4 Å². The Morgan fingerprint density at radius 2 is 2.10 bits per heavy atom. The highest BCUT2D eigenvalue weighted by atomic mass is 16.5. The summed E-state index contributed by atoms with van der Waals surface area (Å²) in [6.07, 6.45) is 7.77. The fourth-order valence-corrected chi connectivity index (χ4v) is 2.76. The van der Waals surface area contributed by atoms with E-state index in [0.717, 1.165) is 41.9 Å². The average Bonchev–Trinajstić information content (AvgIpc) is 2.54. The highest BCUT2D eigenvalue weighted by Gasteiger charge is 2.17. The summed E-state index contributed by atoms with van der Waals surface area (Å²) in [4.78, 5) is 11.0. The van der Waals surface area contributed by atoms with E-state index in [1.165, 1.54) is 5.56 Å². The van der Waals surface area contributed by atoms with E-state index in [9.17, 15) is 0 Å². The number of hydrogen-bond acceptors (Lipinski definition) is 5. The van der Waals surface area contributed by atoms with Crippen molar-refractivity contribution in [1.82, 2.24) is 9.97 Å². The van der Waals surface area contributed by atoms with Gasteiger partial charge in [0, 0.05) is 43.4 Å². The molecule has 2 aromatic heterocycles. The fourth-order valence-electron chi connectivity index (χ4n) is 2.76. The van der Waals surface area contributed by atoms with Crippen molar-refractivity contribution in [2.75, 3.05) is 25.2 Å². The van der Waals surface area contributed by atoms with Crippen molar-refractivity contribution >= 4 is 5.82 Å². The molecule has 21 heavy (non-hydrogen) atoms. The predicted molar refractivity (Wildman–Crippen MR) is 82.9 cm³/mol. The van der Waals surface area contributed by atoms with E-state index in [4.69, 9.17) is 10.5 Å². The van der Waals surface area contributed by atoms with E-state index < -0.39 is 0 Å². The van der Waals surface area contributed by atoms with Crippen LogP contribution in [0, 0.1) is 0 Å². The molecule has 5 nitrogen and oxygen atoms in total. The van der Waals surface area contributed by atoms with E-state index in [2.05, 4.69) is 27.0 Å². The van der Waals surface area contributed by atoms with Gasteiger partial charge in [-0.15, -0.1) is 0 Å². The summed E-state index contributed by atoms with van der Waals surface area (Å²) >= 11 is 0. The molecule has 3 heterocycles. The molecule has 0 radical (unpaired) electrons. The number of methoxy groups -OCH3 is 1. The SMILES string of the molecule is COCc1cncc(-c2cnc3c(c2)CCCN3CN)c1. The zero-order chi connectivity index (χ0) is 14.7. The number of nitrogens with two attached hydrogens (primary N) is 1. The Labute approximate surface area is 124 Å². The maximum absolute atomic E-state index is 5.78. The van der Waals surface area contributed by atoms with Gasteiger partial charge in [-0.3, -0.25) is 4.98 Å². The van der Waals surface area contributed by atoms with Gasteiger partial charge >= 0.3 is 0 Å². The van der Waals surface area contributed by atoms with Crippen molar-refractivity contribution in [3.8, 4) is 11.1 Å². The van der Waals surface area contributed by atoms with Gasteiger partial charge in [-0.25, -0.2) is 4.98 Å². The quantitative estimate of drug-likeness (QED) is 0.929. The van der Waals surface area contributed by atoms with Gasteiger partial charge < -0.3 is 15.4 Å². The van der Waals surface area contributed by atoms with E-state index in [1.54, 1.807) is 7.11 Å². The Hall–Kier alpha value is -1.98. The monoisotopic (exact) mass is 284 g/mol. The summed E-state index contributed by atoms with van der Waals surface area (Å²) in [5.41, 5.74) is 10.3. The van der Waals surface area contributed by atoms with Crippen molar-refractivity contribution in [3.63, 3.8) is 0 Å². The molecule has 110 valence electrons. The van der Waals surface area contributed by atoms with Gasteiger partial charge in [-0.1, -0.05) is 0 Å². The summed E-state index contributed by atoms with van der Waals surface area (Å²) in [5, 5.41) is 0. The molecule has 1 aliphatic heterocycles. The molecule has 2 N–H and O–H groups in total. The van der Waals surface area contributed by atoms with E-state index in [0.29, 0.717) is 13.3 Å². The van der Waals surface area contributed by atoms with Gasteiger partial charge in [-0.2, -0.15) is 0 Å². The lowest BCUT2D eigenvalue weighted by Gasteiger charge is -2.28. The summed E-state index contributed by atoms with van der Waals surface area (Å²) in [7, 11) is 1.69. The van der Waals surface area contributed by atoms with Crippen LogP contribution in [-0.4, -0.2) is 30.3 Å². The van der Waals surface area contributed by atoms with Gasteiger partial charge in [0.2, 0.25) is 0 Å². The van der Waals surface area contributed by atoms with Crippen LogP contribution in [0.5, 0.6) is 0 Å². The number of rotatable bonds is 4. The summed E-state index contributed by atoms with van der Waals surface area (Å²) < 4.78 is 5.16. The number of aryl methyl sites for hydroxylation is 1. The van der Waals surface area contributed by atoms with Gasteiger partial charge in [0.15, 0.2) is 0 Å². The number of hydrogen-bond donors (Lipinski definition) is 1. The Morgan fingerprint density at radius 1 is 1.24 bits per heavy atom. The van der Waals surface area contributed by atoms with Crippen LogP contribution in [0.25, 0.3) is 11.1 Å². The maximum Gasteiger partial charge on any atom is 0.132 e. The maximum atomic E-state index is 5.78. The molecule has 0 amide bonds. The number of aromatic nitrogens is 2. The highest BCUT2D eigenvalue weighted by molar-refractivity contribution is 5.66. The number of fused-ring (bicyclic) bond motifs is 1. The second-order valence-electron chi connectivity index (χ2n) is 5.27. The third kappa shape index (κ3) is 2.89. The highest BCUT2D eigenvalue weighted by Crippen LogP contribution is 2.28. The lowest BCUT2D eigenvalue weighted by Crippen LogP contribution is -2.35. The van der Waals surface area contributed by atoms with Crippen LogP contribution in [0.4, 0.5) is 5.82 Å². The molecule has 0 bridgehead atoms. The molecule has 2 aromatic rings. The van der Waals surface area contributed by atoms with Crippen molar-refractivity contribution in [3.05, 3.63) is 41.9 Å². The lowest BCUT2D eigenvalue weighted by atomic mass is 10.0. The molecule has 3 rings (SSSR count). The van der Waals surface area contributed by atoms with E-state index in [-0.39, 0.29) is 0 Å². The van der Waals surface area contributed by atoms with Crippen molar-refractivity contribution < 1.29 is 4.74 Å². The average molecular weight is 284 g/mol. The van der Waals surface area contributed by atoms with Crippen LogP contribution in [0.1, 0.15) is 17.5 Å². The van der Waals surface area contributed by atoms with E-state index in [1.807, 2.05) is 18.6 Å². The molecule has 5 heteroatoms. The third-order valence-electron chi connectivity index (χ3n) is 3.78. The first-order chi connectivity index (χ1) is 10.3. The smallest absolute Gasteiger partial charge is 0.132 e. The first-order valence-electron chi connectivity index (χ1n) is 7.19. The largest absolute Gasteiger partial charge is 0.380 e. The molecular formula is C16H20N4O. The van der Waals surface area contributed by atoms with Crippen LogP contribution in [0.15, 0.2) is 30.7 Å². The Balaban J connectivity index is 1.95. The third-order valence-corrected chi connectivity index (χ3v) is 3.78. The Bertz CT molecular complexity index is 629. The zero-order valence-corrected chi connectivity index (χ0v) is 12.2. The van der Waals surface area contributed by atoms with Crippen molar-refractivity contribution in [2.24, 2.45) is 5.73 Å². The topological polar surface area (TPSA) is 64.3 Å². The molecule has 0 aromatic carbocycles.